The Bertz CT molecular complexity index is 477. The van der Waals surface area contributed by atoms with Gasteiger partial charge in [-0.25, -0.2) is 4.98 Å². The second-order valence-electron chi connectivity index (χ2n) is 4.15. The number of ether oxygens (including phenoxy) is 1. The summed E-state index contributed by atoms with van der Waals surface area (Å²) < 4.78 is 10.6. The first-order valence-electron chi connectivity index (χ1n) is 6.08. The second-order valence-corrected chi connectivity index (χ2v) is 4.15. The summed E-state index contributed by atoms with van der Waals surface area (Å²) in [6, 6.07) is 7.91. The van der Waals surface area contributed by atoms with Crippen LogP contribution in [0.5, 0.6) is 5.75 Å². The van der Waals surface area contributed by atoms with Crippen molar-refractivity contribution in [3.8, 4) is 5.75 Å². The molecule has 4 heteroatoms. The number of hydrogen-bond acceptors (Lipinski definition) is 4. The molecule has 0 radical (unpaired) electrons. The van der Waals surface area contributed by atoms with Gasteiger partial charge in [0.15, 0.2) is 5.89 Å². The zero-order valence-corrected chi connectivity index (χ0v) is 10.6. The van der Waals surface area contributed by atoms with E-state index in [-0.39, 0.29) is 0 Å². The lowest BCUT2D eigenvalue weighted by atomic mass is 10.1. The normalized spacial score (nSPS) is 10.6. The summed E-state index contributed by atoms with van der Waals surface area (Å²) in [7, 11) is 1.66. The first-order valence-corrected chi connectivity index (χ1v) is 6.08. The van der Waals surface area contributed by atoms with Crippen LogP contribution in [0.1, 0.15) is 23.6 Å². The van der Waals surface area contributed by atoms with Crippen molar-refractivity contribution >= 4 is 0 Å². The van der Waals surface area contributed by atoms with E-state index in [1.807, 2.05) is 24.3 Å². The van der Waals surface area contributed by atoms with E-state index in [2.05, 4.69) is 4.98 Å². The van der Waals surface area contributed by atoms with Gasteiger partial charge in [0, 0.05) is 6.42 Å². The lowest BCUT2D eigenvalue weighted by Crippen LogP contribution is -2.00. The summed E-state index contributed by atoms with van der Waals surface area (Å²) >= 11 is 0. The van der Waals surface area contributed by atoms with E-state index in [1.165, 1.54) is 0 Å². The Morgan fingerprint density at radius 1 is 1.28 bits per heavy atom. The molecule has 1 heterocycles. The Balaban J connectivity index is 1.97. The molecule has 1 aromatic carbocycles. The summed E-state index contributed by atoms with van der Waals surface area (Å²) in [6.45, 7) is 0.681. The number of nitrogens with two attached hydrogens (primary N) is 1. The van der Waals surface area contributed by atoms with E-state index in [0.717, 1.165) is 35.7 Å². The predicted molar refractivity (Wildman–Crippen MR) is 69.7 cm³/mol. The molecule has 0 spiro atoms. The summed E-state index contributed by atoms with van der Waals surface area (Å²) in [6.07, 6.45) is 4.23. The van der Waals surface area contributed by atoms with Gasteiger partial charge in [0.25, 0.3) is 0 Å². The standard InChI is InChI=1S/C14H18N2O2/c1-17-13-6-4-11(5-7-13)9-14-16-12(10-18-14)3-2-8-15/h4-7,10H,2-3,8-9,15H2,1H3. The van der Waals surface area contributed by atoms with Gasteiger partial charge in [-0.15, -0.1) is 0 Å². The largest absolute Gasteiger partial charge is 0.497 e. The van der Waals surface area contributed by atoms with Crippen LogP contribution < -0.4 is 10.5 Å². The molecule has 0 aliphatic heterocycles. The van der Waals surface area contributed by atoms with E-state index in [0.29, 0.717) is 13.0 Å². The Morgan fingerprint density at radius 2 is 2.06 bits per heavy atom. The molecule has 0 saturated carbocycles. The number of oxazole rings is 1. The smallest absolute Gasteiger partial charge is 0.198 e. The molecule has 0 aliphatic rings. The zero-order valence-electron chi connectivity index (χ0n) is 10.6. The van der Waals surface area contributed by atoms with E-state index in [4.69, 9.17) is 14.9 Å². The van der Waals surface area contributed by atoms with Gasteiger partial charge in [-0.3, -0.25) is 0 Å². The number of nitrogens with zero attached hydrogens (tertiary/aromatic N) is 1. The fourth-order valence-electron chi connectivity index (χ4n) is 1.75. The molecule has 2 N–H and O–H groups in total. The maximum absolute atomic E-state index is 5.46. The molecular formula is C14H18N2O2. The van der Waals surface area contributed by atoms with Crippen LogP contribution >= 0.6 is 0 Å². The lowest BCUT2D eigenvalue weighted by molar-refractivity contribution is 0.414. The Labute approximate surface area is 107 Å². The van der Waals surface area contributed by atoms with Gasteiger partial charge >= 0.3 is 0 Å². The molecule has 0 fully saturated rings. The third kappa shape index (κ3) is 3.34. The monoisotopic (exact) mass is 246 g/mol. The van der Waals surface area contributed by atoms with Crippen molar-refractivity contribution in [3.63, 3.8) is 0 Å². The highest BCUT2D eigenvalue weighted by molar-refractivity contribution is 5.28. The lowest BCUT2D eigenvalue weighted by Gasteiger charge is -2.00. The van der Waals surface area contributed by atoms with Crippen LogP contribution in [0.2, 0.25) is 0 Å². The molecule has 0 bridgehead atoms. The van der Waals surface area contributed by atoms with Gasteiger partial charge in [-0.05, 0) is 37.1 Å². The molecular weight excluding hydrogens is 228 g/mol. The SMILES string of the molecule is COc1ccc(Cc2nc(CCCN)co2)cc1. The molecule has 1 aromatic heterocycles. The fraction of sp³-hybridized carbons (Fsp3) is 0.357. The summed E-state index contributed by atoms with van der Waals surface area (Å²) in [5, 5.41) is 0. The molecule has 0 atom stereocenters. The highest BCUT2D eigenvalue weighted by Gasteiger charge is 2.05. The van der Waals surface area contributed by atoms with Crippen molar-refractivity contribution in [1.82, 2.24) is 4.98 Å². The van der Waals surface area contributed by atoms with Crippen molar-refractivity contribution < 1.29 is 9.15 Å². The van der Waals surface area contributed by atoms with E-state index in [1.54, 1.807) is 13.4 Å². The van der Waals surface area contributed by atoms with Gasteiger partial charge in [-0.1, -0.05) is 12.1 Å². The van der Waals surface area contributed by atoms with Gasteiger partial charge in [0.2, 0.25) is 0 Å². The van der Waals surface area contributed by atoms with E-state index < -0.39 is 0 Å². The highest BCUT2D eigenvalue weighted by Crippen LogP contribution is 2.15. The second kappa shape index (κ2) is 6.21. The third-order valence-corrected chi connectivity index (χ3v) is 2.75. The average Bonchev–Trinajstić information content (AvgIpc) is 2.85. The predicted octanol–water partition coefficient (Wildman–Crippen LogP) is 2.17. The van der Waals surface area contributed by atoms with Crippen molar-refractivity contribution in [2.24, 2.45) is 5.73 Å². The van der Waals surface area contributed by atoms with Crippen LogP contribution in [0.4, 0.5) is 0 Å². The van der Waals surface area contributed by atoms with Crippen molar-refractivity contribution in [1.29, 1.82) is 0 Å². The van der Waals surface area contributed by atoms with Crippen molar-refractivity contribution in [2.75, 3.05) is 13.7 Å². The molecule has 96 valence electrons. The molecule has 0 saturated heterocycles. The fourth-order valence-corrected chi connectivity index (χ4v) is 1.75. The topological polar surface area (TPSA) is 61.3 Å². The Hall–Kier alpha value is -1.81. The summed E-state index contributed by atoms with van der Waals surface area (Å²) in [5.74, 6) is 1.60. The van der Waals surface area contributed by atoms with Crippen LogP contribution in [0.15, 0.2) is 34.9 Å². The van der Waals surface area contributed by atoms with E-state index in [9.17, 15) is 0 Å². The minimum Gasteiger partial charge on any atom is -0.497 e. The molecule has 18 heavy (non-hydrogen) atoms. The molecule has 0 unspecified atom stereocenters. The quantitative estimate of drug-likeness (QED) is 0.848. The Kier molecular flexibility index (Phi) is 4.36. The van der Waals surface area contributed by atoms with Crippen LogP contribution in [0.25, 0.3) is 0 Å². The molecule has 0 aliphatic carbocycles. The molecule has 2 aromatic rings. The van der Waals surface area contributed by atoms with Gasteiger partial charge in [0.1, 0.15) is 12.0 Å². The van der Waals surface area contributed by atoms with Crippen LogP contribution in [-0.2, 0) is 12.8 Å². The maximum atomic E-state index is 5.46. The maximum Gasteiger partial charge on any atom is 0.198 e. The van der Waals surface area contributed by atoms with E-state index >= 15 is 0 Å². The minimum atomic E-state index is 0.681. The number of aromatic nitrogens is 1. The zero-order chi connectivity index (χ0) is 12.8. The highest BCUT2D eigenvalue weighted by atomic mass is 16.5. The summed E-state index contributed by atoms with van der Waals surface area (Å²) in [5.41, 5.74) is 7.60. The summed E-state index contributed by atoms with van der Waals surface area (Å²) in [4.78, 5) is 4.43. The first-order chi connectivity index (χ1) is 8.81. The Morgan fingerprint density at radius 3 is 2.72 bits per heavy atom. The van der Waals surface area contributed by atoms with Gasteiger partial charge in [-0.2, -0.15) is 0 Å². The number of benzene rings is 1. The average molecular weight is 246 g/mol. The minimum absolute atomic E-state index is 0.681. The number of rotatable bonds is 6. The number of hydrogen-bond donors (Lipinski definition) is 1. The van der Waals surface area contributed by atoms with Crippen molar-refractivity contribution in [3.05, 3.63) is 47.7 Å². The third-order valence-electron chi connectivity index (χ3n) is 2.75. The first kappa shape index (κ1) is 12.6. The van der Waals surface area contributed by atoms with Crippen LogP contribution in [-0.4, -0.2) is 18.6 Å². The number of methoxy groups -OCH3 is 1. The molecule has 0 amide bonds. The van der Waals surface area contributed by atoms with Crippen LogP contribution in [0.3, 0.4) is 0 Å². The number of aryl methyl sites for hydroxylation is 1. The molecule has 2 rings (SSSR count). The van der Waals surface area contributed by atoms with Crippen molar-refractivity contribution in [2.45, 2.75) is 19.3 Å². The van der Waals surface area contributed by atoms with Gasteiger partial charge < -0.3 is 14.9 Å². The van der Waals surface area contributed by atoms with Crippen LogP contribution in [0, 0.1) is 0 Å². The molecule has 4 nitrogen and oxygen atoms in total. The van der Waals surface area contributed by atoms with Gasteiger partial charge in [0.05, 0.1) is 12.8 Å².